The van der Waals surface area contributed by atoms with Gasteiger partial charge in [-0.2, -0.15) is 18.2 Å². The SMILES string of the molecule is CC[C@@]1(c2ccc(C(F)(F)F)cc2)CCN(CCCCn2ccc(-c3cccc(C)n3)nc2=O)C1. The highest BCUT2D eigenvalue weighted by Gasteiger charge is 2.38. The molecule has 0 aliphatic carbocycles. The maximum atomic E-state index is 12.9. The molecule has 4 rings (SSSR count). The highest BCUT2D eigenvalue weighted by atomic mass is 19.4. The Morgan fingerprint density at radius 1 is 0.971 bits per heavy atom. The van der Waals surface area contributed by atoms with Crippen LogP contribution in [0.15, 0.2) is 59.5 Å². The van der Waals surface area contributed by atoms with Gasteiger partial charge in [0.2, 0.25) is 0 Å². The minimum absolute atomic E-state index is 0.107. The van der Waals surface area contributed by atoms with Crippen LogP contribution in [0, 0.1) is 6.92 Å². The largest absolute Gasteiger partial charge is 0.416 e. The molecule has 1 aromatic carbocycles. The fraction of sp³-hybridized carbons (Fsp3) is 0.444. The summed E-state index contributed by atoms with van der Waals surface area (Å²) in [5.41, 5.74) is 2.14. The molecular formula is C27H31F3N4O. The number of hydrogen-bond donors (Lipinski definition) is 0. The van der Waals surface area contributed by atoms with Crippen LogP contribution >= 0.6 is 0 Å². The Kier molecular flexibility index (Phi) is 7.40. The number of pyridine rings is 1. The smallest absolute Gasteiger partial charge is 0.302 e. The number of rotatable bonds is 8. The zero-order chi connectivity index (χ0) is 25.1. The van der Waals surface area contributed by atoms with Gasteiger partial charge in [-0.1, -0.05) is 25.1 Å². The van der Waals surface area contributed by atoms with Crippen molar-refractivity contribution in [1.29, 1.82) is 0 Å². The molecule has 5 nitrogen and oxygen atoms in total. The van der Waals surface area contributed by atoms with Crippen LogP contribution in [-0.2, 0) is 18.1 Å². The van der Waals surface area contributed by atoms with E-state index in [4.69, 9.17) is 0 Å². The van der Waals surface area contributed by atoms with E-state index in [2.05, 4.69) is 21.8 Å². The van der Waals surface area contributed by atoms with Crippen LogP contribution in [0.4, 0.5) is 13.2 Å². The molecule has 0 radical (unpaired) electrons. The lowest BCUT2D eigenvalue weighted by atomic mass is 9.77. The van der Waals surface area contributed by atoms with E-state index in [1.807, 2.05) is 31.2 Å². The molecule has 1 fully saturated rings. The van der Waals surface area contributed by atoms with Crippen LogP contribution in [0.1, 0.15) is 49.4 Å². The quantitative estimate of drug-likeness (QED) is 0.398. The van der Waals surface area contributed by atoms with E-state index < -0.39 is 11.7 Å². The van der Waals surface area contributed by atoms with Crippen molar-refractivity contribution in [3.8, 4) is 11.4 Å². The lowest BCUT2D eigenvalue weighted by molar-refractivity contribution is -0.137. The van der Waals surface area contributed by atoms with E-state index in [0.29, 0.717) is 17.9 Å². The molecule has 0 unspecified atom stereocenters. The molecule has 3 aromatic rings. The maximum Gasteiger partial charge on any atom is 0.416 e. The topological polar surface area (TPSA) is 51.0 Å². The Morgan fingerprint density at radius 3 is 2.34 bits per heavy atom. The predicted molar refractivity (Wildman–Crippen MR) is 130 cm³/mol. The molecule has 0 N–H and O–H groups in total. The van der Waals surface area contributed by atoms with Crippen LogP contribution in [0.2, 0.25) is 0 Å². The molecule has 186 valence electrons. The van der Waals surface area contributed by atoms with Crippen molar-refractivity contribution in [2.75, 3.05) is 19.6 Å². The van der Waals surface area contributed by atoms with Crippen molar-refractivity contribution in [2.24, 2.45) is 0 Å². The summed E-state index contributed by atoms with van der Waals surface area (Å²) in [6.45, 7) is 7.27. The van der Waals surface area contributed by atoms with Gasteiger partial charge in [-0.3, -0.25) is 9.55 Å². The molecule has 0 amide bonds. The fourth-order valence-electron chi connectivity index (χ4n) is 4.94. The molecular weight excluding hydrogens is 453 g/mol. The second-order valence-corrected chi connectivity index (χ2v) is 9.40. The Hall–Kier alpha value is -3.00. The summed E-state index contributed by atoms with van der Waals surface area (Å²) in [6, 6.07) is 13.1. The standard InChI is InChI=1S/C27H31F3N4O/c1-3-26(21-9-11-22(12-10-21)27(28,29)30)14-18-33(19-26)15-4-5-16-34-17-13-24(32-25(34)35)23-8-6-7-20(2)31-23/h6-13,17H,3-5,14-16,18-19H2,1-2H3/t26-/m1/s1. The third-order valence-electron chi connectivity index (χ3n) is 7.08. The van der Waals surface area contributed by atoms with Gasteiger partial charge in [-0.15, -0.1) is 0 Å². The minimum atomic E-state index is -4.31. The number of aryl methyl sites for hydroxylation is 2. The summed E-state index contributed by atoms with van der Waals surface area (Å²) in [4.78, 5) is 23.5. The van der Waals surface area contributed by atoms with Crippen LogP contribution in [0.25, 0.3) is 11.4 Å². The van der Waals surface area contributed by atoms with Crippen molar-refractivity contribution in [3.63, 3.8) is 0 Å². The molecule has 1 aliphatic heterocycles. The number of alkyl halides is 3. The summed E-state index contributed by atoms with van der Waals surface area (Å²) in [5.74, 6) is 0. The number of unbranched alkanes of at least 4 members (excludes halogenated alkanes) is 1. The number of halogens is 3. The third kappa shape index (κ3) is 5.81. The first-order chi connectivity index (χ1) is 16.7. The summed E-state index contributed by atoms with van der Waals surface area (Å²) >= 11 is 0. The summed E-state index contributed by atoms with van der Waals surface area (Å²) in [5, 5.41) is 0. The highest BCUT2D eigenvalue weighted by Crippen LogP contribution is 2.39. The third-order valence-corrected chi connectivity index (χ3v) is 7.08. The summed E-state index contributed by atoms with van der Waals surface area (Å²) in [7, 11) is 0. The normalized spacial score (nSPS) is 18.8. The van der Waals surface area contributed by atoms with E-state index in [1.165, 1.54) is 12.1 Å². The van der Waals surface area contributed by atoms with Crippen LogP contribution < -0.4 is 5.69 Å². The van der Waals surface area contributed by atoms with Gasteiger partial charge in [0.1, 0.15) is 0 Å². The number of benzene rings is 1. The van der Waals surface area contributed by atoms with Gasteiger partial charge in [-0.05, 0) is 81.6 Å². The molecule has 1 atom stereocenters. The molecule has 0 saturated carbocycles. The second-order valence-electron chi connectivity index (χ2n) is 9.40. The number of aromatic nitrogens is 3. The van der Waals surface area contributed by atoms with E-state index in [-0.39, 0.29) is 11.1 Å². The van der Waals surface area contributed by atoms with Crippen molar-refractivity contribution >= 4 is 0 Å². The molecule has 1 saturated heterocycles. The van der Waals surface area contributed by atoms with Crippen LogP contribution in [0.3, 0.4) is 0 Å². The van der Waals surface area contributed by atoms with Gasteiger partial charge >= 0.3 is 11.9 Å². The first-order valence-corrected chi connectivity index (χ1v) is 12.1. The van der Waals surface area contributed by atoms with Crippen molar-refractivity contribution in [2.45, 2.75) is 57.7 Å². The second kappa shape index (κ2) is 10.3. The molecule has 35 heavy (non-hydrogen) atoms. The van der Waals surface area contributed by atoms with E-state index in [9.17, 15) is 18.0 Å². The Morgan fingerprint density at radius 2 is 1.69 bits per heavy atom. The van der Waals surface area contributed by atoms with Crippen molar-refractivity contribution in [3.05, 3.63) is 82.0 Å². The van der Waals surface area contributed by atoms with E-state index in [1.54, 1.807) is 22.9 Å². The van der Waals surface area contributed by atoms with E-state index >= 15 is 0 Å². The number of nitrogens with zero attached hydrogens (tertiary/aromatic N) is 4. The van der Waals surface area contributed by atoms with Crippen molar-refractivity contribution < 1.29 is 13.2 Å². The minimum Gasteiger partial charge on any atom is -0.302 e. The predicted octanol–water partition coefficient (Wildman–Crippen LogP) is 5.47. The van der Waals surface area contributed by atoms with Gasteiger partial charge in [0.05, 0.1) is 17.0 Å². The average molecular weight is 485 g/mol. The highest BCUT2D eigenvalue weighted by molar-refractivity contribution is 5.53. The zero-order valence-electron chi connectivity index (χ0n) is 20.2. The Bertz CT molecular complexity index is 1210. The van der Waals surface area contributed by atoms with Gasteiger partial charge in [0.15, 0.2) is 0 Å². The molecule has 1 aliphatic rings. The van der Waals surface area contributed by atoms with E-state index in [0.717, 1.165) is 56.6 Å². The zero-order valence-corrected chi connectivity index (χ0v) is 20.2. The van der Waals surface area contributed by atoms with Crippen molar-refractivity contribution in [1.82, 2.24) is 19.4 Å². The average Bonchev–Trinajstić information content (AvgIpc) is 3.27. The number of likely N-dealkylation sites (tertiary alicyclic amines) is 1. The molecule has 0 spiro atoms. The molecule has 3 heterocycles. The number of hydrogen-bond acceptors (Lipinski definition) is 4. The monoisotopic (exact) mass is 484 g/mol. The first kappa shape index (κ1) is 25.1. The summed E-state index contributed by atoms with van der Waals surface area (Å²) in [6.07, 6.45) is 1.07. The Balaban J connectivity index is 1.30. The summed E-state index contributed by atoms with van der Waals surface area (Å²) < 4.78 is 40.4. The maximum absolute atomic E-state index is 12.9. The van der Waals surface area contributed by atoms with Gasteiger partial charge in [0.25, 0.3) is 0 Å². The van der Waals surface area contributed by atoms with Crippen LogP contribution in [0.5, 0.6) is 0 Å². The molecule has 8 heteroatoms. The lowest BCUT2D eigenvalue weighted by Gasteiger charge is -2.29. The molecule has 0 bridgehead atoms. The van der Waals surface area contributed by atoms with Crippen LogP contribution in [-0.4, -0.2) is 39.1 Å². The lowest BCUT2D eigenvalue weighted by Crippen LogP contribution is -2.31. The van der Waals surface area contributed by atoms with Gasteiger partial charge in [-0.25, -0.2) is 4.79 Å². The molecule has 2 aromatic heterocycles. The fourth-order valence-corrected chi connectivity index (χ4v) is 4.94. The first-order valence-electron chi connectivity index (χ1n) is 12.1. The van der Waals surface area contributed by atoms with Gasteiger partial charge in [0, 0.05) is 30.4 Å². The van der Waals surface area contributed by atoms with Gasteiger partial charge < -0.3 is 4.90 Å². The Labute approximate surface area is 203 Å².